The normalized spacial score (nSPS) is 19.0. The van der Waals surface area contributed by atoms with Gasteiger partial charge in [-0.25, -0.2) is 9.97 Å². The van der Waals surface area contributed by atoms with Gasteiger partial charge in [-0.3, -0.25) is 19.4 Å². The Bertz CT molecular complexity index is 1950. The molecule has 2 aliphatic heterocycles. The number of fused-ring (bicyclic) bond motifs is 2. The summed E-state index contributed by atoms with van der Waals surface area (Å²) < 4.78 is 0. The van der Waals surface area contributed by atoms with Gasteiger partial charge < -0.3 is 19.8 Å². The van der Waals surface area contributed by atoms with Gasteiger partial charge in [-0.1, -0.05) is 64.1 Å². The van der Waals surface area contributed by atoms with Crippen LogP contribution in [0.4, 0.5) is 0 Å². The molecule has 4 heterocycles. The standard InChI is InChI=1S/C44H58N8O2/c1-27(2)23-39(49(5)6)43(53)51-21-9-11-37(51)41-45-33-19-17-31(25-35(33)47-41)29-13-15-30(16-14-29)32-18-20-34-36(26-32)48-42(46-34)38-12-10-22-52(38)44(54)40(50(7)8)24-28(3)4/h13-20,25-28,37-40H,9-12,21-24H2,1-8H3,(H,45,47)(H,46,48)/t37-,38-,39-,40-/m0/s1. The lowest BCUT2D eigenvalue weighted by atomic mass is 10.00. The van der Waals surface area contributed by atoms with Crippen LogP contribution in [-0.4, -0.2) is 105 Å². The van der Waals surface area contributed by atoms with E-state index in [2.05, 4.69) is 108 Å². The quantitative estimate of drug-likeness (QED) is 0.135. The number of aromatic amines is 2. The molecule has 0 radical (unpaired) electrons. The fourth-order valence-electron chi connectivity index (χ4n) is 8.56. The van der Waals surface area contributed by atoms with Gasteiger partial charge in [-0.15, -0.1) is 0 Å². The van der Waals surface area contributed by atoms with Crippen molar-refractivity contribution in [3.05, 3.63) is 72.3 Å². The van der Waals surface area contributed by atoms with Crippen molar-refractivity contribution in [3.63, 3.8) is 0 Å². The van der Waals surface area contributed by atoms with Crippen molar-refractivity contribution in [2.45, 2.75) is 90.4 Å². The summed E-state index contributed by atoms with van der Waals surface area (Å²) in [7, 11) is 8.01. The van der Waals surface area contributed by atoms with Crippen LogP contribution in [0.1, 0.15) is 90.0 Å². The van der Waals surface area contributed by atoms with Gasteiger partial charge in [0, 0.05) is 13.1 Å². The number of rotatable bonds is 12. The largest absolute Gasteiger partial charge is 0.340 e. The number of carbonyl (C=O) groups excluding carboxylic acids is 2. The minimum atomic E-state index is -0.126. The number of nitrogens with one attached hydrogen (secondary N) is 2. The SMILES string of the molecule is CC(C)C[C@@H](C(=O)N1CCC[C@H]1c1nc2ccc(-c3ccc(-c4ccc5nc([C@@H]6CCCN6C(=O)[C@H](CC(C)C)N(C)C)[nH]c5c4)cc3)cc2[nH]1)N(C)C. The average Bonchev–Trinajstić information content (AvgIpc) is 3.96. The Morgan fingerprint density at radius 2 is 1.00 bits per heavy atom. The van der Waals surface area contributed by atoms with Crippen molar-refractivity contribution < 1.29 is 9.59 Å². The smallest absolute Gasteiger partial charge is 0.240 e. The van der Waals surface area contributed by atoms with Gasteiger partial charge in [0.1, 0.15) is 11.6 Å². The summed E-state index contributed by atoms with van der Waals surface area (Å²) in [5.74, 6) is 3.03. The lowest BCUT2D eigenvalue weighted by Crippen LogP contribution is -2.46. The lowest BCUT2D eigenvalue weighted by molar-refractivity contribution is -0.138. The number of nitrogens with zero attached hydrogens (tertiary/aromatic N) is 6. The van der Waals surface area contributed by atoms with E-state index in [4.69, 9.17) is 9.97 Å². The number of H-pyrrole nitrogens is 2. The van der Waals surface area contributed by atoms with Crippen molar-refractivity contribution in [1.82, 2.24) is 39.5 Å². The number of benzene rings is 3. The van der Waals surface area contributed by atoms with E-state index in [9.17, 15) is 9.59 Å². The van der Waals surface area contributed by atoms with Crippen molar-refractivity contribution in [1.29, 1.82) is 0 Å². The van der Waals surface area contributed by atoms with Gasteiger partial charge >= 0.3 is 0 Å². The van der Waals surface area contributed by atoms with Crippen LogP contribution < -0.4 is 0 Å². The van der Waals surface area contributed by atoms with E-state index in [1.54, 1.807) is 0 Å². The zero-order chi connectivity index (χ0) is 38.3. The fourth-order valence-corrected chi connectivity index (χ4v) is 8.56. The van der Waals surface area contributed by atoms with Crippen molar-refractivity contribution >= 4 is 33.9 Å². The number of hydrogen-bond donors (Lipinski definition) is 2. The minimum Gasteiger partial charge on any atom is -0.340 e. The maximum atomic E-state index is 13.7. The maximum Gasteiger partial charge on any atom is 0.240 e. The van der Waals surface area contributed by atoms with Gasteiger partial charge in [0.2, 0.25) is 11.8 Å². The first-order valence-electron chi connectivity index (χ1n) is 19.9. The third kappa shape index (κ3) is 7.68. The van der Waals surface area contributed by atoms with E-state index in [1.807, 2.05) is 38.0 Å². The Labute approximate surface area is 320 Å². The monoisotopic (exact) mass is 730 g/mol. The fraction of sp³-hybridized carbons (Fsp3) is 0.500. The number of likely N-dealkylation sites (tertiary alicyclic amines) is 2. The van der Waals surface area contributed by atoms with E-state index in [0.29, 0.717) is 11.8 Å². The first-order valence-corrected chi connectivity index (χ1v) is 19.9. The topological polar surface area (TPSA) is 104 Å². The number of likely N-dealkylation sites (N-methyl/N-ethyl adjacent to an activating group) is 2. The second kappa shape index (κ2) is 15.7. The Morgan fingerprint density at radius 1 is 0.630 bits per heavy atom. The number of carbonyl (C=O) groups is 2. The molecule has 0 aliphatic carbocycles. The van der Waals surface area contributed by atoms with Gasteiger partial charge in [0.15, 0.2) is 0 Å². The highest BCUT2D eigenvalue weighted by Crippen LogP contribution is 2.36. The van der Waals surface area contributed by atoms with Crippen molar-refractivity contribution in [2.75, 3.05) is 41.3 Å². The molecule has 0 spiro atoms. The first-order chi connectivity index (χ1) is 25.9. The molecule has 10 heteroatoms. The van der Waals surface area contributed by atoms with Crippen LogP contribution in [0.2, 0.25) is 0 Å². The van der Waals surface area contributed by atoms with Crippen LogP contribution in [0.5, 0.6) is 0 Å². The summed E-state index contributed by atoms with van der Waals surface area (Å²) >= 11 is 0. The van der Waals surface area contributed by atoms with E-state index in [1.165, 1.54) is 0 Å². The van der Waals surface area contributed by atoms with E-state index in [0.717, 1.165) is 108 Å². The van der Waals surface area contributed by atoms with Gasteiger partial charge in [0.05, 0.1) is 46.2 Å². The van der Waals surface area contributed by atoms with E-state index in [-0.39, 0.29) is 36.0 Å². The summed E-state index contributed by atoms with van der Waals surface area (Å²) in [6.45, 7) is 10.2. The zero-order valence-electron chi connectivity index (χ0n) is 33.4. The number of hydrogen-bond acceptors (Lipinski definition) is 6. The van der Waals surface area contributed by atoms with Crippen LogP contribution in [-0.2, 0) is 9.59 Å². The van der Waals surface area contributed by atoms with Crippen LogP contribution in [0, 0.1) is 11.8 Å². The number of imidazole rings is 2. The summed E-state index contributed by atoms with van der Waals surface area (Å²) in [6, 6.07) is 21.1. The second-order valence-corrected chi connectivity index (χ2v) is 16.9. The highest BCUT2D eigenvalue weighted by Gasteiger charge is 2.38. The van der Waals surface area contributed by atoms with Crippen LogP contribution >= 0.6 is 0 Å². The Kier molecular flexibility index (Phi) is 11.0. The van der Waals surface area contributed by atoms with Crippen LogP contribution in [0.25, 0.3) is 44.3 Å². The van der Waals surface area contributed by atoms with E-state index >= 15 is 0 Å². The maximum absolute atomic E-state index is 13.7. The molecule has 0 unspecified atom stereocenters. The van der Waals surface area contributed by atoms with Gasteiger partial charge in [-0.2, -0.15) is 0 Å². The molecule has 7 rings (SSSR count). The molecule has 286 valence electrons. The highest BCUT2D eigenvalue weighted by molar-refractivity contribution is 5.86. The molecular formula is C44H58N8O2. The average molecular weight is 731 g/mol. The summed E-state index contributed by atoms with van der Waals surface area (Å²) in [5, 5.41) is 0. The summed E-state index contributed by atoms with van der Waals surface area (Å²) in [5.41, 5.74) is 8.28. The number of amides is 2. The molecule has 2 aliphatic rings. The van der Waals surface area contributed by atoms with Crippen molar-refractivity contribution in [3.8, 4) is 22.3 Å². The lowest BCUT2D eigenvalue weighted by Gasteiger charge is -2.32. The molecule has 2 fully saturated rings. The molecule has 54 heavy (non-hydrogen) atoms. The highest BCUT2D eigenvalue weighted by atomic mass is 16.2. The van der Waals surface area contributed by atoms with Crippen LogP contribution in [0.3, 0.4) is 0 Å². The third-order valence-electron chi connectivity index (χ3n) is 11.5. The number of aromatic nitrogens is 4. The molecular weight excluding hydrogens is 673 g/mol. The third-order valence-corrected chi connectivity index (χ3v) is 11.5. The first kappa shape index (κ1) is 37.8. The Hall–Kier alpha value is -4.54. The predicted molar refractivity (Wildman–Crippen MR) is 218 cm³/mol. The Morgan fingerprint density at radius 3 is 1.35 bits per heavy atom. The molecule has 2 saturated heterocycles. The molecule has 4 atom stereocenters. The molecule has 0 bridgehead atoms. The van der Waals surface area contributed by atoms with Gasteiger partial charge in [-0.05, 0) is 125 Å². The summed E-state index contributed by atoms with van der Waals surface area (Å²) in [4.78, 5) is 52.8. The van der Waals surface area contributed by atoms with Crippen molar-refractivity contribution in [2.24, 2.45) is 11.8 Å². The molecule has 0 saturated carbocycles. The molecule has 2 amide bonds. The molecule has 2 aromatic heterocycles. The van der Waals surface area contributed by atoms with Gasteiger partial charge in [0.25, 0.3) is 0 Å². The zero-order valence-corrected chi connectivity index (χ0v) is 33.4. The molecule has 2 N–H and O–H groups in total. The van der Waals surface area contributed by atoms with Crippen LogP contribution in [0.15, 0.2) is 60.7 Å². The summed E-state index contributed by atoms with van der Waals surface area (Å²) in [6.07, 6.45) is 5.49. The second-order valence-electron chi connectivity index (χ2n) is 16.9. The molecule has 10 nitrogen and oxygen atoms in total. The predicted octanol–water partition coefficient (Wildman–Crippen LogP) is 8.05. The minimum absolute atomic E-state index is 0.0322. The molecule has 3 aromatic carbocycles. The Balaban J connectivity index is 1.07. The van der Waals surface area contributed by atoms with E-state index < -0.39 is 0 Å². The molecule has 5 aromatic rings.